The Morgan fingerprint density at radius 2 is 1.88 bits per heavy atom. The molecule has 0 spiro atoms. The molecule has 0 aliphatic carbocycles. The lowest BCUT2D eigenvalue weighted by Crippen LogP contribution is -2.45. The molecule has 3 rings (SSSR count). The van der Waals surface area contributed by atoms with E-state index in [1.54, 1.807) is 7.11 Å². The van der Waals surface area contributed by atoms with Gasteiger partial charge in [-0.1, -0.05) is 49.6 Å². The molecular formula is C25H31N3O3S. The molecule has 0 saturated heterocycles. The summed E-state index contributed by atoms with van der Waals surface area (Å²) in [4.78, 5) is 13.4. The second kappa shape index (κ2) is 11.0. The van der Waals surface area contributed by atoms with Crippen LogP contribution in [0.4, 0.5) is 5.69 Å². The SMILES string of the molecule is CCCCCOc1c(OC)cccc1[C@@H]1NC(=S)NC(C)=C1C(=O)Nc1ccc(C)cc1. The van der Waals surface area contributed by atoms with Gasteiger partial charge in [0.2, 0.25) is 0 Å². The van der Waals surface area contributed by atoms with Gasteiger partial charge >= 0.3 is 0 Å². The number of anilines is 1. The minimum absolute atomic E-state index is 0.210. The maximum absolute atomic E-state index is 13.4. The van der Waals surface area contributed by atoms with Crippen molar-refractivity contribution in [3.05, 3.63) is 64.9 Å². The number of carbonyl (C=O) groups is 1. The molecule has 0 fully saturated rings. The number of amides is 1. The third-order valence-electron chi connectivity index (χ3n) is 5.36. The molecule has 170 valence electrons. The second-order valence-corrected chi connectivity index (χ2v) is 8.23. The van der Waals surface area contributed by atoms with E-state index in [0.717, 1.165) is 36.1 Å². The van der Waals surface area contributed by atoms with E-state index in [2.05, 4.69) is 22.9 Å². The normalized spacial score (nSPS) is 15.6. The van der Waals surface area contributed by atoms with Crippen LogP contribution >= 0.6 is 12.2 Å². The monoisotopic (exact) mass is 453 g/mol. The van der Waals surface area contributed by atoms with Crippen molar-refractivity contribution in [2.24, 2.45) is 0 Å². The van der Waals surface area contributed by atoms with E-state index in [4.69, 9.17) is 21.7 Å². The predicted octanol–water partition coefficient (Wildman–Crippen LogP) is 5.00. The highest BCUT2D eigenvalue weighted by Crippen LogP contribution is 2.39. The standard InChI is InChI=1S/C25H31N3O3S/c1-5-6-7-15-31-23-19(9-8-10-20(23)30-4)22-21(17(3)26-25(32)28-22)24(29)27-18-13-11-16(2)12-14-18/h8-14,22H,5-7,15H2,1-4H3,(H,27,29)(H2,26,28,32)/t22-/m0/s1. The van der Waals surface area contributed by atoms with Crippen molar-refractivity contribution in [2.75, 3.05) is 19.0 Å². The third kappa shape index (κ3) is 5.59. The Balaban J connectivity index is 1.96. The van der Waals surface area contributed by atoms with Crippen LogP contribution in [0.5, 0.6) is 11.5 Å². The average molecular weight is 454 g/mol. The molecule has 6 nitrogen and oxygen atoms in total. The molecule has 32 heavy (non-hydrogen) atoms. The molecule has 0 saturated carbocycles. The number of ether oxygens (including phenoxy) is 2. The van der Waals surface area contributed by atoms with E-state index in [1.165, 1.54) is 0 Å². The number of carbonyl (C=O) groups excluding carboxylic acids is 1. The summed E-state index contributed by atoms with van der Waals surface area (Å²) >= 11 is 5.41. The summed E-state index contributed by atoms with van der Waals surface area (Å²) < 4.78 is 11.7. The predicted molar refractivity (Wildman–Crippen MR) is 132 cm³/mol. The number of aryl methyl sites for hydroxylation is 1. The molecule has 1 amide bonds. The molecule has 2 aromatic carbocycles. The molecular weight excluding hydrogens is 422 g/mol. The first-order valence-corrected chi connectivity index (χ1v) is 11.3. The van der Waals surface area contributed by atoms with Gasteiger partial charge in [-0.2, -0.15) is 0 Å². The van der Waals surface area contributed by atoms with Crippen molar-refractivity contribution < 1.29 is 14.3 Å². The molecule has 1 aliphatic heterocycles. The minimum Gasteiger partial charge on any atom is -0.493 e. The van der Waals surface area contributed by atoms with Gasteiger partial charge in [0.1, 0.15) is 0 Å². The third-order valence-corrected chi connectivity index (χ3v) is 5.58. The van der Waals surface area contributed by atoms with Gasteiger partial charge in [-0.05, 0) is 50.7 Å². The fourth-order valence-electron chi connectivity index (χ4n) is 3.67. The highest BCUT2D eigenvalue weighted by atomic mass is 32.1. The van der Waals surface area contributed by atoms with Crippen molar-refractivity contribution in [2.45, 2.75) is 46.1 Å². The van der Waals surface area contributed by atoms with Crippen LogP contribution in [0, 0.1) is 6.92 Å². The fraction of sp³-hybridized carbons (Fsp3) is 0.360. The molecule has 3 N–H and O–H groups in total. The topological polar surface area (TPSA) is 71.6 Å². The lowest BCUT2D eigenvalue weighted by Gasteiger charge is -2.31. The van der Waals surface area contributed by atoms with Gasteiger partial charge in [0, 0.05) is 16.9 Å². The van der Waals surface area contributed by atoms with Crippen molar-refractivity contribution in [1.29, 1.82) is 0 Å². The molecule has 0 radical (unpaired) electrons. The highest BCUT2D eigenvalue weighted by molar-refractivity contribution is 7.80. The fourth-order valence-corrected chi connectivity index (χ4v) is 3.94. The number of para-hydroxylation sites is 1. The average Bonchev–Trinajstić information content (AvgIpc) is 2.77. The number of unbranched alkanes of at least 4 members (excludes halogenated alkanes) is 2. The molecule has 0 aromatic heterocycles. The Morgan fingerprint density at radius 1 is 1.12 bits per heavy atom. The van der Waals surface area contributed by atoms with Crippen LogP contribution in [0.3, 0.4) is 0 Å². The first-order valence-electron chi connectivity index (χ1n) is 10.9. The zero-order valence-corrected chi connectivity index (χ0v) is 19.9. The minimum atomic E-state index is -0.481. The van der Waals surface area contributed by atoms with Gasteiger partial charge in [0.25, 0.3) is 5.91 Å². The van der Waals surface area contributed by atoms with E-state index in [0.29, 0.717) is 34.5 Å². The first-order chi connectivity index (χ1) is 15.4. The van der Waals surface area contributed by atoms with E-state index >= 15 is 0 Å². The summed E-state index contributed by atoms with van der Waals surface area (Å²) in [5, 5.41) is 9.79. The summed E-state index contributed by atoms with van der Waals surface area (Å²) in [6.07, 6.45) is 3.14. The van der Waals surface area contributed by atoms with Crippen molar-refractivity contribution in [3.8, 4) is 11.5 Å². The summed E-state index contributed by atoms with van der Waals surface area (Å²) in [7, 11) is 1.62. The number of rotatable bonds is 9. The van der Waals surface area contributed by atoms with E-state index in [9.17, 15) is 4.79 Å². The van der Waals surface area contributed by atoms with Gasteiger partial charge in [0.05, 0.1) is 25.3 Å². The van der Waals surface area contributed by atoms with Crippen LogP contribution in [-0.2, 0) is 4.79 Å². The van der Waals surface area contributed by atoms with Crippen LogP contribution in [0.2, 0.25) is 0 Å². The van der Waals surface area contributed by atoms with E-state index in [1.807, 2.05) is 56.3 Å². The Kier molecular flexibility index (Phi) is 8.11. The number of thiocarbonyl (C=S) groups is 1. The van der Waals surface area contributed by atoms with Crippen LogP contribution in [-0.4, -0.2) is 24.7 Å². The first kappa shape index (κ1) is 23.6. The Labute approximate surface area is 195 Å². The maximum Gasteiger partial charge on any atom is 0.255 e. The van der Waals surface area contributed by atoms with Crippen LogP contribution in [0.25, 0.3) is 0 Å². The summed E-state index contributed by atoms with van der Waals surface area (Å²) in [6, 6.07) is 12.9. The van der Waals surface area contributed by atoms with Gasteiger partial charge in [-0.15, -0.1) is 0 Å². The summed E-state index contributed by atoms with van der Waals surface area (Å²) in [5.74, 6) is 1.04. The van der Waals surface area contributed by atoms with Gasteiger partial charge in [-0.25, -0.2) is 0 Å². The number of methoxy groups -OCH3 is 1. The van der Waals surface area contributed by atoms with Crippen LogP contribution in [0.15, 0.2) is 53.7 Å². The number of allylic oxidation sites excluding steroid dienone is 1. The molecule has 1 aliphatic rings. The Bertz CT molecular complexity index is 1000. The molecule has 0 unspecified atom stereocenters. The quantitative estimate of drug-likeness (QED) is 0.366. The zero-order chi connectivity index (χ0) is 23.1. The van der Waals surface area contributed by atoms with Gasteiger partial charge in [-0.3, -0.25) is 4.79 Å². The van der Waals surface area contributed by atoms with Crippen LogP contribution < -0.4 is 25.4 Å². The van der Waals surface area contributed by atoms with Crippen molar-refractivity contribution in [3.63, 3.8) is 0 Å². The van der Waals surface area contributed by atoms with E-state index < -0.39 is 6.04 Å². The largest absolute Gasteiger partial charge is 0.493 e. The molecule has 1 atom stereocenters. The second-order valence-electron chi connectivity index (χ2n) is 7.82. The molecule has 7 heteroatoms. The number of nitrogens with one attached hydrogen (secondary N) is 3. The highest BCUT2D eigenvalue weighted by Gasteiger charge is 2.32. The summed E-state index contributed by atoms with van der Waals surface area (Å²) in [6.45, 7) is 6.59. The van der Waals surface area contributed by atoms with Crippen molar-refractivity contribution in [1.82, 2.24) is 10.6 Å². The maximum atomic E-state index is 13.4. The van der Waals surface area contributed by atoms with Gasteiger partial charge in [0.15, 0.2) is 16.6 Å². The molecule has 2 aromatic rings. The van der Waals surface area contributed by atoms with Gasteiger partial charge < -0.3 is 25.4 Å². The van der Waals surface area contributed by atoms with Crippen LogP contribution in [0.1, 0.15) is 50.3 Å². The molecule has 1 heterocycles. The lowest BCUT2D eigenvalue weighted by molar-refractivity contribution is -0.113. The number of benzene rings is 2. The number of hydrogen-bond donors (Lipinski definition) is 3. The van der Waals surface area contributed by atoms with Crippen molar-refractivity contribution >= 4 is 28.9 Å². The lowest BCUT2D eigenvalue weighted by atomic mass is 9.93. The Morgan fingerprint density at radius 3 is 2.56 bits per heavy atom. The number of hydrogen-bond acceptors (Lipinski definition) is 4. The molecule has 0 bridgehead atoms. The van der Waals surface area contributed by atoms with E-state index in [-0.39, 0.29) is 5.91 Å². The smallest absolute Gasteiger partial charge is 0.255 e. The summed E-state index contributed by atoms with van der Waals surface area (Å²) in [5.41, 5.74) is 3.91. The zero-order valence-electron chi connectivity index (χ0n) is 19.1. The Hall–Kier alpha value is -3.06.